The first-order valence-corrected chi connectivity index (χ1v) is 4.03. The second-order valence-electron chi connectivity index (χ2n) is 3.34. The van der Waals surface area contributed by atoms with E-state index in [2.05, 4.69) is 15.9 Å². The lowest BCUT2D eigenvalue weighted by molar-refractivity contribution is 0.0730. The van der Waals surface area contributed by atoms with Crippen molar-refractivity contribution in [2.24, 2.45) is 5.41 Å². The predicted molar refractivity (Wildman–Crippen MR) is 43.8 cm³/mol. The van der Waals surface area contributed by atoms with Crippen LogP contribution in [0.3, 0.4) is 0 Å². The highest BCUT2D eigenvalue weighted by atomic mass is 79.9. The number of halogens is 1. The maximum atomic E-state index is 9.38. The van der Waals surface area contributed by atoms with Gasteiger partial charge in [0.1, 0.15) is 4.83 Å². The molecular formula is C7H12BrNO. The SMILES string of the molecule is CC(C)(C)[C@@H](O)[C@@H](Br)C#N. The molecule has 1 N–H and O–H groups in total. The lowest BCUT2D eigenvalue weighted by atomic mass is 9.88. The molecule has 0 aromatic rings. The van der Waals surface area contributed by atoms with Crippen LogP contribution in [0.1, 0.15) is 20.8 Å². The number of hydrogen-bond acceptors (Lipinski definition) is 2. The van der Waals surface area contributed by atoms with E-state index in [1.807, 2.05) is 26.8 Å². The third-order valence-corrected chi connectivity index (χ3v) is 1.99. The van der Waals surface area contributed by atoms with Gasteiger partial charge >= 0.3 is 0 Å². The van der Waals surface area contributed by atoms with Gasteiger partial charge in [-0.1, -0.05) is 36.7 Å². The molecule has 0 amide bonds. The fourth-order valence-corrected chi connectivity index (χ4v) is 1.30. The van der Waals surface area contributed by atoms with Gasteiger partial charge in [-0.15, -0.1) is 0 Å². The van der Waals surface area contributed by atoms with Crippen LogP contribution in [0.2, 0.25) is 0 Å². The molecule has 0 bridgehead atoms. The van der Waals surface area contributed by atoms with E-state index in [9.17, 15) is 5.11 Å². The second-order valence-corrected chi connectivity index (χ2v) is 4.33. The minimum Gasteiger partial charge on any atom is -0.390 e. The van der Waals surface area contributed by atoms with Gasteiger partial charge in [0.05, 0.1) is 12.2 Å². The predicted octanol–water partition coefficient (Wildman–Crippen LogP) is 1.68. The van der Waals surface area contributed by atoms with Gasteiger partial charge in [0.25, 0.3) is 0 Å². The van der Waals surface area contributed by atoms with Crippen molar-refractivity contribution in [3.63, 3.8) is 0 Å². The van der Waals surface area contributed by atoms with Gasteiger partial charge in [0.2, 0.25) is 0 Å². The van der Waals surface area contributed by atoms with E-state index in [-0.39, 0.29) is 5.41 Å². The van der Waals surface area contributed by atoms with Crippen LogP contribution >= 0.6 is 15.9 Å². The number of rotatable bonds is 1. The molecule has 10 heavy (non-hydrogen) atoms. The van der Waals surface area contributed by atoms with Crippen molar-refractivity contribution in [1.82, 2.24) is 0 Å². The quantitative estimate of drug-likeness (QED) is 0.663. The fourth-order valence-electron chi connectivity index (χ4n) is 0.510. The first kappa shape index (κ1) is 9.93. The van der Waals surface area contributed by atoms with E-state index < -0.39 is 10.9 Å². The monoisotopic (exact) mass is 205 g/mol. The molecule has 3 heteroatoms. The Bertz CT molecular complexity index is 145. The summed E-state index contributed by atoms with van der Waals surface area (Å²) in [7, 11) is 0. The number of hydrogen-bond donors (Lipinski definition) is 1. The number of alkyl halides is 1. The molecular weight excluding hydrogens is 194 g/mol. The summed E-state index contributed by atoms with van der Waals surface area (Å²) in [5.41, 5.74) is -0.232. The smallest absolute Gasteiger partial charge is 0.128 e. The van der Waals surface area contributed by atoms with Crippen molar-refractivity contribution < 1.29 is 5.11 Å². The molecule has 0 saturated heterocycles. The minimum atomic E-state index is -0.613. The number of aliphatic hydroxyl groups is 1. The summed E-state index contributed by atoms with van der Waals surface area (Å²) in [4.78, 5) is -0.465. The lowest BCUT2D eigenvalue weighted by Crippen LogP contribution is -2.33. The Hall–Kier alpha value is -0.0700. The van der Waals surface area contributed by atoms with Gasteiger partial charge in [0.15, 0.2) is 0 Å². The molecule has 0 aliphatic rings. The third kappa shape index (κ3) is 2.68. The third-order valence-electron chi connectivity index (χ3n) is 1.29. The van der Waals surface area contributed by atoms with Crippen LogP contribution in [0.5, 0.6) is 0 Å². The highest BCUT2D eigenvalue weighted by Crippen LogP contribution is 2.24. The summed E-state index contributed by atoms with van der Waals surface area (Å²) in [6.07, 6.45) is -0.613. The van der Waals surface area contributed by atoms with E-state index in [0.29, 0.717) is 0 Å². The van der Waals surface area contributed by atoms with Crippen LogP contribution in [0, 0.1) is 16.7 Å². The highest BCUT2D eigenvalue weighted by Gasteiger charge is 2.28. The molecule has 0 spiro atoms. The minimum absolute atomic E-state index is 0.232. The zero-order valence-corrected chi connectivity index (χ0v) is 8.01. The van der Waals surface area contributed by atoms with Gasteiger partial charge in [-0.25, -0.2) is 0 Å². The maximum Gasteiger partial charge on any atom is 0.128 e. The summed E-state index contributed by atoms with van der Waals surface area (Å²) in [6, 6.07) is 1.94. The van der Waals surface area contributed by atoms with Crippen molar-refractivity contribution in [3.8, 4) is 6.07 Å². The number of nitriles is 1. The summed E-state index contributed by atoms with van der Waals surface area (Å²) < 4.78 is 0. The molecule has 0 radical (unpaired) electrons. The average molecular weight is 206 g/mol. The van der Waals surface area contributed by atoms with E-state index in [1.54, 1.807) is 0 Å². The van der Waals surface area contributed by atoms with E-state index >= 15 is 0 Å². The van der Waals surface area contributed by atoms with Gasteiger partial charge in [0, 0.05) is 0 Å². The molecule has 2 atom stereocenters. The number of aliphatic hydroxyl groups excluding tert-OH is 1. The standard InChI is InChI=1S/C7H12BrNO/c1-7(2,3)6(10)5(8)4-9/h5-6,10H,1-3H3/t5-,6-/m0/s1. The summed E-state index contributed by atoms with van der Waals surface area (Å²) >= 11 is 3.07. The van der Waals surface area contributed by atoms with Crippen LogP contribution in [0.25, 0.3) is 0 Å². The largest absolute Gasteiger partial charge is 0.390 e. The van der Waals surface area contributed by atoms with Crippen LogP contribution in [-0.2, 0) is 0 Å². The summed E-state index contributed by atoms with van der Waals surface area (Å²) in [6.45, 7) is 5.68. The van der Waals surface area contributed by atoms with Crippen molar-refractivity contribution >= 4 is 15.9 Å². The molecule has 0 rings (SSSR count). The van der Waals surface area contributed by atoms with Crippen molar-refractivity contribution in [1.29, 1.82) is 5.26 Å². The number of nitrogens with zero attached hydrogens (tertiary/aromatic N) is 1. The normalized spacial score (nSPS) is 17.6. The van der Waals surface area contributed by atoms with Crippen molar-refractivity contribution in [2.45, 2.75) is 31.7 Å². The van der Waals surface area contributed by atoms with Gasteiger partial charge in [-0.2, -0.15) is 5.26 Å². The zero-order valence-electron chi connectivity index (χ0n) is 6.43. The van der Waals surface area contributed by atoms with Gasteiger partial charge in [-0.3, -0.25) is 0 Å². The molecule has 0 saturated carbocycles. The Kier molecular flexibility index (Phi) is 3.34. The Morgan fingerprint density at radius 1 is 1.50 bits per heavy atom. The Morgan fingerprint density at radius 2 is 1.90 bits per heavy atom. The van der Waals surface area contributed by atoms with Crippen LogP contribution in [0.4, 0.5) is 0 Å². The van der Waals surface area contributed by atoms with Crippen LogP contribution in [0.15, 0.2) is 0 Å². The van der Waals surface area contributed by atoms with Gasteiger partial charge in [-0.05, 0) is 5.41 Å². The molecule has 0 unspecified atom stereocenters. The van der Waals surface area contributed by atoms with E-state index in [1.165, 1.54) is 0 Å². The van der Waals surface area contributed by atoms with Crippen LogP contribution in [-0.4, -0.2) is 16.0 Å². The Balaban J connectivity index is 4.11. The first-order chi connectivity index (χ1) is 4.39. The maximum absolute atomic E-state index is 9.38. The zero-order chi connectivity index (χ0) is 8.36. The molecule has 0 heterocycles. The molecule has 0 fully saturated rings. The van der Waals surface area contributed by atoms with E-state index in [0.717, 1.165) is 0 Å². The molecule has 0 aromatic carbocycles. The first-order valence-electron chi connectivity index (χ1n) is 3.11. The lowest BCUT2D eigenvalue weighted by Gasteiger charge is -2.26. The topological polar surface area (TPSA) is 44.0 Å². The Labute approximate surface area is 70.0 Å². The highest BCUT2D eigenvalue weighted by molar-refractivity contribution is 9.09. The average Bonchev–Trinajstić information content (AvgIpc) is 1.83. The second kappa shape index (κ2) is 3.36. The molecule has 58 valence electrons. The van der Waals surface area contributed by atoms with E-state index in [4.69, 9.17) is 5.26 Å². The van der Waals surface area contributed by atoms with Crippen LogP contribution < -0.4 is 0 Å². The Morgan fingerprint density at radius 3 is 2.00 bits per heavy atom. The molecule has 2 nitrogen and oxygen atoms in total. The summed E-state index contributed by atoms with van der Waals surface area (Å²) in [5, 5.41) is 17.8. The van der Waals surface area contributed by atoms with Crippen molar-refractivity contribution in [3.05, 3.63) is 0 Å². The molecule has 0 aliphatic heterocycles. The fraction of sp³-hybridized carbons (Fsp3) is 0.857. The molecule has 0 aromatic heterocycles. The molecule has 0 aliphatic carbocycles. The van der Waals surface area contributed by atoms with Crippen molar-refractivity contribution in [2.75, 3.05) is 0 Å². The summed E-state index contributed by atoms with van der Waals surface area (Å²) in [5.74, 6) is 0. The van der Waals surface area contributed by atoms with Gasteiger partial charge < -0.3 is 5.11 Å².